The van der Waals surface area contributed by atoms with E-state index >= 15 is 0 Å². The van der Waals surface area contributed by atoms with Crippen molar-refractivity contribution in [1.29, 1.82) is 0 Å². The zero-order chi connectivity index (χ0) is 21.2. The van der Waals surface area contributed by atoms with E-state index in [1.165, 1.54) is 0 Å². The summed E-state index contributed by atoms with van der Waals surface area (Å²) in [5, 5.41) is 4.71. The predicted octanol–water partition coefficient (Wildman–Crippen LogP) is 2.87. The normalized spacial score (nSPS) is 18.7. The molecule has 0 radical (unpaired) electrons. The van der Waals surface area contributed by atoms with Crippen molar-refractivity contribution in [2.45, 2.75) is 12.6 Å². The molecule has 0 spiro atoms. The first-order valence-electron chi connectivity index (χ1n) is 10.1. The van der Waals surface area contributed by atoms with Gasteiger partial charge in [0.15, 0.2) is 11.5 Å². The van der Waals surface area contributed by atoms with Gasteiger partial charge in [-0.3, -0.25) is 9.69 Å². The number of benzene rings is 2. The lowest BCUT2D eigenvalue weighted by Gasteiger charge is -2.36. The first kappa shape index (κ1) is 19.8. The van der Waals surface area contributed by atoms with E-state index in [0.717, 1.165) is 5.56 Å². The molecule has 1 fully saturated rings. The molecular formula is C22H21ClN4O4. The SMILES string of the molecule is O=C([C@@H]1COc2ccccc2O1)N1CCN(Cc2nc(-c3ccc(Cl)cc3)no2)CC1. The number of ether oxygens (including phenoxy) is 2. The Morgan fingerprint density at radius 1 is 1.03 bits per heavy atom. The molecule has 1 saturated heterocycles. The van der Waals surface area contributed by atoms with E-state index in [-0.39, 0.29) is 12.5 Å². The van der Waals surface area contributed by atoms with Gasteiger partial charge in [0.2, 0.25) is 17.8 Å². The summed E-state index contributed by atoms with van der Waals surface area (Å²) in [5.74, 6) is 2.32. The highest BCUT2D eigenvalue weighted by atomic mass is 35.5. The smallest absolute Gasteiger partial charge is 0.267 e. The van der Waals surface area contributed by atoms with Gasteiger partial charge >= 0.3 is 0 Å². The van der Waals surface area contributed by atoms with Gasteiger partial charge in [-0.1, -0.05) is 28.9 Å². The number of hydrogen-bond acceptors (Lipinski definition) is 7. The topological polar surface area (TPSA) is 80.9 Å². The molecule has 0 saturated carbocycles. The van der Waals surface area contributed by atoms with Gasteiger partial charge in [-0.15, -0.1) is 0 Å². The van der Waals surface area contributed by atoms with Crippen molar-refractivity contribution in [3.8, 4) is 22.9 Å². The molecule has 1 amide bonds. The van der Waals surface area contributed by atoms with Crippen molar-refractivity contribution in [3.63, 3.8) is 0 Å². The highest BCUT2D eigenvalue weighted by Gasteiger charge is 2.32. The first-order valence-corrected chi connectivity index (χ1v) is 10.5. The molecule has 31 heavy (non-hydrogen) atoms. The van der Waals surface area contributed by atoms with Crippen molar-refractivity contribution in [2.24, 2.45) is 0 Å². The maximum Gasteiger partial charge on any atom is 0.267 e. The zero-order valence-electron chi connectivity index (χ0n) is 16.7. The fourth-order valence-corrected chi connectivity index (χ4v) is 3.82. The Balaban J connectivity index is 1.14. The highest BCUT2D eigenvalue weighted by molar-refractivity contribution is 6.30. The zero-order valence-corrected chi connectivity index (χ0v) is 17.5. The van der Waals surface area contributed by atoms with Crippen LogP contribution in [0.2, 0.25) is 5.02 Å². The molecule has 1 aromatic heterocycles. The molecule has 8 nitrogen and oxygen atoms in total. The fraction of sp³-hybridized carbons (Fsp3) is 0.318. The van der Waals surface area contributed by atoms with E-state index in [0.29, 0.717) is 61.0 Å². The Labute approximate surface area is 184 Å². The van der Waals surface area contributed by atoms with Crippen LogP contribution in [0.3, 0.4) is 0 Å². The minimum Gasteiger partial charge on any atom is -0.485 e. The van der Waals surface area contributed by atoms with Crippen molar-refractivity contribution in [2.75, 3.05) is 32.8 Å². The molecule has 2 aromatic carbocycles. The van der Waals surface area contributed by atoms with Gasteiger partial charge in [0.05, 0.1) is 6.54 Å². The van der Waals surface area contributed by atoms with Crippen LogP contribution in [0.1, 0.15) is 5.89 Å². The lowest BCUT2D eigenvalue weighted by atomic mass is 10.2. The second-order valence-electron chi connectivity index (χ2n) is 7.48. The molecular weight excluding hydrogens is 420 g/mol. The summed E-state index contributed by atoms with van der Waals surface area (Å²) in [6, 6.07) is 14.7. The maximum absolute atomic E-state index is 12.9. The summed E-state index contributed by atoms with van der Waals surface area (Å²) < 4.78 is 16.9. The summed E-state index contributed by atoms with van der Waals surface area (Å²) in [4.78, 5) is 21.4. The molecule has 0 bridgehead atoms. The van der Waals surface area contributed by atoms with Crippen LogP contribution in [0, 0.1) is 0 Å². The number of para-hydroxylation sites is 2. The molecule has 0 N–H and O–H groups in total. The van der Waals surface area contributed by atoms with Crippen LogP contribution in [-0.4, -0.2) is 64.7 Å². The van der Waals surface area contributed by atoms with Crippen LogP contribution in [0.25, 0.3) is 11.4 Å². The molecule has 1 atom stereocenters. The van der Waals surface area contributed by atoms with Gasteiger partial charge < -0.3 is 18.9 Å². The van der Waals surface area contributed by atoms with E-state index in [1.807, 2.05) is 41.3 Å². The predicted molar refractivity (Wildman–Crippen MR) is 113 cm³/mol. The molecule has 2 aliphatic heterocycles. The quantitative estimate of drug-likeness (QED) is 0.617. The highest BCUT2D eigenvalue weighted by Crippen LogP contribution is 2.31. The number of nitrogens with zero attached hydrogens (tertiary/aromatic N) is 4. The van der Waals surface area contributed by atoms with Crippen molar-refractivity contribution in [3.05, 3.63) is 59.4 Å². The molecule has 160 valence electrons. The van der Waals surface area contributed by atoms with Gasteiger partial charge in [0.25, 0.3) is 5.91 Å². The first-order chi connectivity index (χ1) is 15.2. The Kier molecular flexibility index (Phi) is 5.48. The number of carbonyl (C=O) groups is 1. The third kappa shape index (κ3) is 4.35. The third-order valence-corrected chi connectivity index (χ3v) is 5.65. The number of halogens is 1. The minimum atomic E-state index is -0.612. The Hall–Kier alpha value is -3.10. The Morgan fingerprint density at radius 2 is 1.77 bits per heavy atom. The largest absolute Gasteiger partial charge is 0.485 e. The van der Waals surface area contributed by atoms with Crippen LogP contribution in [0.5, 0.6) is 11.5 Å². The molecule has 3 aromatic rings. The Bertz CT molecular complexity index is 1060. The Morgan fingerprint density at radius 3 is 2.55 bits per heavy atom. The molecule has 2 aliphatic rings. The lowest BCUT2D eigenvalue weighted by molar-refractivity contribution is -0.143. The summed E-state index contributed by atoms with van der Waals surface area (Å²) in [6.45, 7) is 3.42. The standard InChI is InChI=1S/C22H21ClN4O4/c23-16-7-5-15(6-8-16)21-24-20(31-25-21)13-26-9-11-27(12-10-26)22(28)19-14-29-17-3-1-2-4-18(17)30-19/h1-8,19H,9-14H2/t19-/m0/s1. The number of carbonyl (C=O) groups excluding carboxylic acids is 1. The van der Waals surface area contributed by atoms with Crippen molar-refractivity contribution in [1.82, 2.24) is 19.9 Å². The monoisotopic (exact) mass is 440 g/mol. The minimum absolute atomic E-state index is 0.0445. The summed E-state index contributed by atoms with van der Waals surface area (Å²) >= 11 is 5.93. The average Bonchev–Trinajstić information content (AvgIpc) is 3.27. The van der Waals surface area contributed by atoms with Crippen molar-refractivity contribution >= 4 is 17.5 Å². The summed E-state index contributed by atoms with van der Waals surface area (Å²) in [5.41, 5.74) is 0.853. The fourth-order valence-electron chi connectivity index (χ4n) is 3.70. The third-order valence-electron chi connectivity index (χ3n) is 5.40. The number of fused-ring (bicyclic) bond motifs is 1. The number of rotatable bonds is 4. The number of amides is 1. The van der Waals surface area contributed by atoms with Gasteiger partial charge in [-0.2, -0.15) is 4.98 Å². The van der Waals surface area contributed by atoms with Gasteiger partial charge in [-0.05, 0) is 36.4 Å². The molecule has 3 heterocycles. The maximum atomic E-state index is 12.9. The van der Waals surface area contributed by atoms with Crippen LogP contribution in [0.4, 0.5) is 0 Å². The van der Waals surface area contributed by atoms with Crippen molar-refractivity contribution < 1.29 is 18.8 Å². The van der Waals surface area contributed by atoms with E-state index in [4.69, 9.17) is 25.6 Å². The van der Waals surface area contributed by atoms with E-state index in [1.54, 1.807) is 12.1 Å². The van der Waals surface area contributed by atoms with Crippen LogP contribution in [-0.2, 0) is 11.3 Å². The second-order valence-corrected chi connectivity index (χ2v) is 7.92. The van der Waals surface area contributed by atoms with Gasteiger partial charge in [-0.25, -0.2) is 0 Å². The van der Waals surface area contributed by atoms with Crippen LogP contribution >= 0.6 is 11.6 Å². The van der Waals surface area contributed by atoms with E-state index in [2.05, 4.69) is 15.0 Å². The molecule has 9 heteroatoms. The number of piperazine rings is 1. The lowest BCUT2D eigenvalue weighted by Crippen LogP contribution is -2.53. The summed E-state index contributed by atoms with van der Waals surface area (Å²) in [7, 11) is 0. The number of hydrogen-bond donors (Lipinski definition) is 0. The van der Waals surface area contributed by atoms with E-state index in [9.17, 15) is 4.79 Å². The van der Waals surface area contributed by atoms with Gasteiger partial charge in [0.1, 0.15) is 6.61 Å². The number of aromatic nitrogens is 2. The van der Waals surface area contributed by atoms with Crippen LogP contribution < -0.4 is 9.47 Å². The summed E-state index contributed by atoms with van der Waals surface area (Å²) in [6.07, 6.45) is -0.612. The van der Waals surface area contributed by atoms with E-state index < -0.39 is 6.10 Å². The van der Waals surface area contributed by atoms with Gasteiger partial charge in [0, 0.05) is 36.8 Å². The molecule has 0 unspecified atom stereocenters. The molecule has 0 aliphatic carbocycles. The molecule has 5 rings (SSSR count). The average molecular weight is 441 g/mol. The van der Waals surface area contributed by atoms with Crippen LogP contribution in [0.15, 0.2) is 53.1 Å². The second kappa shape index (κ2) is 8.56.